The first-order chi connectivity index (χ1) is 16.5. The van der Waals surface area contributed by atoms with Crippen LogP contribution in [0.15, 0.2) is 83.8 Å². The van der Waals surface area contributed by atoms with Crippen LogP contribution in [0.2, 0.25) is 0 Å². The second-order valence-electron chi connectivity index (χ2n) is 7.65. The van der Waals surface area contributed by atoms with Crippen molar-refractivity contribution in [2.75, 3.05) is 5.32 Å². The van der Waals surface area contributed by atoms with Gasteiger partial charge in [0.15, 0.2) is 0 Å². The lowest BCUT2D eigenvalue weighted by Crippen LogP contribution is -2.14. The van der Waals surface area contributed by atoms with Crippen molar-refractivity contribution in [2.45, 2.75) is 6.42 Å². The zero-order chi connectivity index (χ0) is 23.7. The Hall–Kier alpha value is -4.99. The number of imidazole rings is 1. The minimum Gasteiger partial charge on any atom is -0.326 e. The van der Waals surface area contributed by atoms with Crippen molar-refractivity contribution < 1.29 is 9.72 Å². The molecule has 168 valence electrons. The van der Waals surface area contributed by atoms with E-state index in [0.29, 0.717) is 33.5 Å². The number of hydrogen-bond acceptors (Lipinski definition) is 5. The number of aromatic amines is 2. The van der Waals surface area contributed by atoms with Gasteiger partial charge >= 0.3 is 5.69 Å². The number of H-pyrrole nitrogens is 2. The first-order valence-electron chi connectivity index (χ1n) is 10.4. The molecule has 10 nitrogen and oxygen atoms in total. The lowest BCUT2D eigenvalue weighted by molar-refractivity contribution is -0.384. The number of amides is 1. The molecule has 0 unspecified atom stereocenters. The summed E-state index contributed by atoms with van der Waals surface area (Å²) in [5.74, 6) is -0.270. The molecule has 0 spiro atoms. The summed E-state index contributed by atoms with van der Waals surface area (Å²) in [7, 11) is 0. The number of nitrogens with zero attached hydrogens (tertiary/aromatic N) is 3. The fourth-order valence-corrected chi connectivity index (χ4v) is 3.72. The third-order valence-corrected chi connectivity index (χ3v) is 5.31. The molecule has 3 aromatic carbocycles. The second kappa shape index (κ2) is 8.51. The molecule has 2 heterocycles. The first-order valence-corrected chi connectivity index (χ1v) is 10.4. The Morgan fingerprint density at radius 2 is 1.74 bits per heavy atom. The summed E-state index contributed by atoms with van der Waals surface area (Å²) in [5.41, 5.74) is 4.13. The number of nitro benzene ring substituents is 1. The highest BCUT2D eigenvalue weighted by Gasteiger charge is 2.17. The standard InChI is InChI=1S/C24H18N6O4/c31-22(25-17-8-11-20-21(13-17)27-24(32)26-20)12-16-14-29(18-4-2-1-3-5-18)28-23(16)15-6-9-19(10-7-15)30(33)34/h1-11,13-14H,12H2,(H,25,31)(H2,26,27,32). The number of benzene rings is 3. The Morgan fingerprint density at radius 1 is 1.00 bits per heavy atom. The van der Waals surface area contributed by atoms with E-state index < -0.39 is 4.92 Å². The average molecular weight is 454 g/mol. The fraction of sp³-hybridized carbons (Fsp3) is 0.0417. The van der Waals surface area contributed by atoms with Crippen molar-refractivity contribution >= 4 is 28.3 Å². The molecule has 0 aliphatic heterocycles. The van der Waals surface area contributed by atoms with Crippen molar-refractivity contribution in [1.29, 1.82) is 0 Å². The quantitative estimate of drug-likeness (QED) is 0.265. The van der Waals surface area contributed by atoms with Crippen LogP contribution in [0.3, 0.4) is 0 Å². The molecular formula is C24H18N6O4. The van der Waals surface area contributed by atoms with E-state index in [9.17, 15) is 19.7 Å². The number of nitro groups is 1. The van der Waals surface area contributed by atoms with Crippen LogP contribution < -0.4 is 11.0 Å². The van der Waals surface area contributed by atoms with Crippen LogP contribution in [-0.4, -0.2) is 30.6 Å². The number of non-ortho nitro benzene ring substituents is 1. The summed E-state index contributed by atoms with van der Waals surface area (Å²) in [6.45, 7) is 0. The molecule has 2 aromatic heterocycles. The molecule has 0 radical (unpaired) electrons. The molecule has 0 fully saturated rings. The summed E-state index contributed by atoms with van der Waals surface area (Å²) in [5, 5.41) is 18.5. The maximum absolute atomic E-state index is 12.9. The Bertz CT molecular complexity index is 1560. The van der Waals surface area contributed by atoms with Gasteiger partial charge in [-0.1, -0.05) is 18.2 Å². The van der Waals surface area contributed by atoms with Gasteiger partial charge in [0.1, 0.15) is 0 Å². The molecule has 0 aliphatic carbocycles. The van der Waals surface area contributed by atoms with Crippen LogP contribution in [0.4, 0.5) is 11.4 Å². The van der Waals surface area contributed by atoms with Crippen molar-refractivity contribution in [1.82, 2.24) is 19.7 Å². The van der Waals surface area contributed by atoms with Gasteiger partial charge in [-0.3, -0.25) is 14.9 Å². The van der Waals surface area contributed by atoms with E-state index in [0.717, 1.165) is 5.69 Å². The zero-order valence-corrected chi connectivity index (χ0v) is 17.7. The van der Waals surface area contributed by atoms with Gasteiger partial charge in [-0.05, 0) is 42.5 Å². The van der Waals surface area contributed by atoms with Gasteiger partial charge in [-0.15, -0.1) is 0 Å². The zero-order valence-electron chi connectivity index (χ0n) is 17.7. The number of hydrogen-bond donors (Lipinski definition) is 3. The van der Waals surface area contributed by atoms with Crippen LogP contribution in [0.1, 0.15) is 5.56 Å². The monoisotopic (exact) mass is 454 g/mol. The fourth-order valence-electron chi connectivity index (χ4n) is 3.72. The predicted molar refractivity (Wildman–Crippen MR) is 127 cm³/mol. The Kier molecular flexibility index (Phi) is 5.23. The van der Waals surface area contributed by atoms with Crippen LogP contribution in [0.25, 0.3) is 28.0 Å². The third-order valence-electron chi connectivity index (χ3n) is 5.31. The molecule has 0 atom stereocenters. The SMILES string of the molecule is O=C(Cc1cn(-c2ccccc2)nc1-c1ccc([N+](=O)[O-])cc1)Nc1ccc2[nH]c(=O)[nH]c2c1. The number of anilines is 1. The number of aromatic nitrogens is 4. The van der Waals surface area contributed by atoms with Crippen LogP contribution in [0.5, 0.6) is 0 Å². The van der Waals surface area contributed by atoms with Gasteiger partial charge < -0.3 is 15.3 Å². The summed E-state index contributed by atoms with van der Waals surface area (Å²) in [6, 6.07) is 20.6. The van der Waals surface area contributed by atoms with E-state index in [1.807, 2.05) is 30.3 Å². The largest absolute Gasteiger partial charge is 0.326 e. The van der Waals surface area contributed by atoms with Gasteiger partial charge in [0, 0.05) is 35.1 Å². The lowest BCUT2D eigenvalue weighted by Gasteiger charge is -2.06. The molecule has 0 bridgehead atoms. The van der Waals surface area contributed by atoms with E-state index in [2.05, 4.69) is 20.4 Å². The maximum Gasteiger partial charge on any atom is 0.323 e. The lowest BCUT2D eigenvalue weighted by atomic mass is 10.1. The minimum atomic E-state index is -0.463. The van der Waals surface area contributed by atoms with Crippen molar-refractivity contribution in [3.8, 4) is 16.9 Å². The highest BCUT2D eigenvalue weighted by Crippen LogP contribution is 2.26. The van der Waals surface area contributed by atoms with Gasteiger partial charge in [0.25, 0.3) is 5.69 Å². The van der Waals surface area contributed by atoms with Gasteiger partial charge in [0.05, 0.1) is 33.8 Å². The third kappa shape index (κ3) is 4.19. The molecule has 34 heavy (non-hydrogen) atoms. The molecule has 3 N–H and O–H groups in total. The Morgan fingerprint density at radius 3 is 2.47 bits per heavy atom. The van der Waals surface area contributed by atoms with Gasteiger partial charge in [-0.25, -0.2) is 9.48 Å². The Balaban J connectivity index is 1.45. The summed E-state index contributed by atoms with van der Waals surface area (Å²) in [6.07, 6.45) is 1.80. The normalized spacial score (nSPS) is 10.9. The first kappa shape index (κ1) is 20.9. The second-order valence-corrected chi connectivity index (χ2v) is 7.65. The van der Waals surface area contributed by atoms with E-state index in [1.165, 1.54) is 12.1 Å². The van der Waals surface area contributed by atoms with Crippen LogP contribution in [-0.2, 0) is 11.2 Å². The van der Waals surface area contributed by atoms with Crippen molar-refractivity contribution in [3.05, 3.63) is 105 Å². The number of carbonyl (C=O) groups excluding carboxylic acids is 1. The highest BCUT2D eigenvalue weighted by atomic mass is 16.6. The molecule has 0 saturated carbocycles. The van der Waals surface area contributed by atoms with Gasteiger partial charge in [0.2, 0.25) is 5.91 Å². The molecule has 1 amide bonds. The van der Waals surface area contributed by atoms with E-state index in [1.54, 1.807) is 41.2 Å². The smallest absolute Gasteiger partial charge is 0.323 e. The van der Waals surface area contributed by atoms with Crippen LogP contribution in [0, 0.1) is 10.1 Å². The summed E-state index contributed by atoms with van der Waals surface area (Å²) < 4.78 is 1.68. The summed E-state index contributed by atoms with van der Waals surface area (Å²) in [4.78, 5) is 40.2. The summed E-state index contributed by atoms with van der Waals surface area (Å²) >= 11 is 0. The van der Waals surface area contributed by atoms with Crippen molar-refractivity contribution in [2.24, 2.45) is 0 Å². The molecule has 0 aliphatic rings. The number of nitrogens with one attached hydrogen (secondary N) is 3. The number of carbonyl (C=O) groups is 1. The predicted octanol–water partition coefficient (Wildman–Crippen LogP) is 3.80. The van der Waals surface area contributed by atoms with Crippen LogP contribution >= 0.6 is 0 Å². The molecular weight excluding hydrogens is 436 g/mol. The van der Waals surface area contributed by atoms with E-state index >= 15 is 0 Å². The number of rotatable bonds is 6. The minimum absolute atomic E-state index is 0.0243. The molecule has 5 rings (SSSR count). The highest BCUT2D eigenvalue weighted by molar-refractivity contribution is 5.95. The average Bonchev–Trinajstić information content (AvgIpc) is 3.42. The Labute approximate surface area is 192 Å². The topological polar surface area (TPSA) is 139 Å². The van der Waals surface area contributed by atoms with E-state index in [-0.39, 0.29) is 23.7 Å². The molecule has 10 heteroatoms. The molecule has 5 aromatic rings. The molecule has 0 saturated heterocycles. The van der Waals surface area contributed by atoms with E-state index in [4.69, 9.17) is 0 Å². The number of fused-ring (bicyclic) bond motifs is 1. The number of para-hydroxylation sites is 1. The maximum atomic E-state index is 12.9. The van der Waals surface area contributed by atoms with Crippen molar-refractivity contribution in [3.63, 3.8) is 0 Å². The van der Waals surface area contributed by atoms with Gasteiger partial charge in [-0.2, -0.15) is 5.10 Å².